The Morgan fingerprint density at radius 2 is 1.93 bits per heavy atom. The molecule has 2 nitrogen and oxygen atoms in total. The van der Waals surface area contributed by atoms with Gasteiger partial charge in [0.2, 0.25) is 0 Å². The summed E-state index contributed by atoms with van der Waals surface area (Å²) in [6, 6.07) is 0. The summed E-state index contributed by atoms with van der Waals surface area (Å²) in [5, 5.41) is 0. The molecule has 0 saturated heterocycles. The minimum atomic E-state index is 1.02. The normalized spacial score (nSPS) is 6.86. The lowest BCUT2D eigenvalue weighted by Gasteiger charge is -1.92. The van der Waals surface area contributed by atoms with Gasteiger partial charge in [-0.05, 0) is 23.7 Å². The number of hydrogen-bond acceptors (Lipinski definition) is 1. The summed E-state index contributed by atoms with van der Waals surface area (Å²) < 4.78 is 2.03. The molecule has 0 unspecified atom stereocenters. The van der Waals surface area contributed by atoms with Gasteiger partial charge in [-0.25, -0.2) is 4.98 Å². The minimum Gasteiger partial charge on any atom is -0.338 e. The minimum absolute atomic E-state index is 1.02. The molecule has 0 saturated carbocycles. The Hall–Kier alpha value is -2.11. The fourth-order valence-corrected chi connectivity index (χ4v) is 0.809. The van der Waals surface area contributed by atoms with Gasteiger partial charge < -0.3 is 4.57 Å². The number of terminal acetylenes is 2. The molecule has 0 aliphatic carbocycles. The Bertz CT molecular complexity index is 384. The first kappa shape index (κ1) is 11.9. The van der Waals surface area contributed by atoms with E-state index in [9.17, 15) is 0 Å². The molecule has 1 aromatic rings. The number of rotatable bonds is 1. The Morgan fingerprint density at radius 3 is 2.14 bits per heavy atom. The Morgan fingerprint density at radius 1 is 1.36 bits per heavy atom. The molecule has 1 rings (SSSR count). The lowest BCUT2D eigenvalue weighted by molar-refractivity contribution is 0.808. The van der Waals surface area contributed by atoms with Gasteiger partial charge in [0.1, 0.15) is 5.82 Å². The smallest absolute Gasteiger partial charge is 0.108 e. The SMILES string of the molecule is C#CC#CC#C.CCc1nccn1C. The topological polar surface area (TPSA) is 17.8 Å². The van der Waals surface area contributed by atoms with Crippen molar-refractivity contribution in [2.75, 3.05) is 0 Å². The molecule has 0 amide bonds. The molecule has 14 heavy (non-hydrogen) atoms. The fourth-order valence-electron chi connectivity index (χ4n) is 0.809. The maximum atomic E-state index is 4.70. The van der Waals surface area contributed by atoms with Crippen LogP contribution in [0.15, 0.2) is 12.4 Å². The molecule has 0 fully saturated rings. The fraction of sp³-hybridized carbons (Fsp3) is 0.250. The molecule has 0 aliphatic heterocycles. The Balaban J connectivity index is 0.000000255. The van der Waals surface area contributed by atoms with E-state index in [2.05, 4.69) is 35.6 Å². The van der Waals surface area contributed by atoms with E-state index in [0.717, 1.165) is 12.2 Å². The van der Waals surface area contributed by atoms with Crippen molar-refractivity contribution in [1.82, 2.24) is 9.55 Å². The van der Waals surface area contributed by atoms with E-state index in [1.54, 1.807) is 0 Å². The van der Waals surface area contributed by atoms with Gasteiger partial charge in [-0.3, -0.25) is 0 Å². The second-order valence-electron chi connectivity index (χ2n) is 2.35. The largest absolute Gasteiger partial charge is 0.338 e. The molecule has 0 atom stereocenters. The molecule has 0 aliphatic rings. The molecule has 0 bridgehead atoms. The molecule has 2 heteroatoms. The van der Waals surface area contributed by atoms with Gasteiger partial charge >= 0.3 is 0 Å². The summed E-state index contributed by atoms with van der Waals surface area (Å²) in [4.78, 5) is 4.10. The lowest BCUT2D eigenvalue weighted by Crippen LogP contribution is -1.92. The van der Waals surface area contributed by atoms with Gasteiger partial charge in [-0.15, -0.1) is 12.8 Å². The van der Waals surface area contributed by atoms with E-state index in [0.29, 0.717) is 0 Å². The quantitative estimate of drug-likeness (QED) is 0.600. The van der Waals surface area contributed by atoms with Crippen LogP contribution in [0.3, 0.4) is 0 Å². The Kier molecular flexibility index (Phi) is 6.40. The zero-order chi connectivity index (χ0) is 10.8. The van der Waals surface area contributed by atoms with Crippen molar-refractivity contribution in [2.45, 2.75) is 13.3 Å². The van der Waals surface area contributed by atoms with Crippen LogP contribution in [0.2, 0.25) is 0 Å². The van der Waals surface area contributed by atoms with E-state index >= 15 is 0 Å². The summed E-state index contributed by atoms with van der Waals surface area (Å²) in [6.45, 7) is 2.10. The van der Waals surface area contributed by atoms with Crippen molar-refractivity contribution >= 4 is 0 Å². The molecular weight excluding hydrogens is 172 g/mol. The van der Waals surface area contributed by atoms with Gasteiger partial charge in [0.25, 0.3) is 0 Å². The average molecular weight is 184 g/mol. The van der Waals surface area contributed by atoms with Crippen molar-refractivity contribution in [3.8, 4) is 36.5 Å². The van der Waals surface area contributed by atoms with Crippen LogP contribution in [-0.4, -0.2) is 9.55 Å². The van der Waals surface area contributed by atoms with Crippen molar-refractivity contribution < 1.29 is 0 Å². The highest BCUT2D eigenvalue weighted by Gasteiger charge is 1.90. The van der Waals surface area contributed by atoms with Crippen molar-refractivity contribution in [1.29, 1.82) is 0 Å². The molecule has 0 aromatic carbocycles. The predicted octanol–water partition coefficient (Wildman–Crippen LogP) is 1.24. The summed E-state index contributed by atoms with van der Waals surface area (Å²) in [5.74, 6) is 9.75. The first-order valence-electron chi connectivity index (χ1n) is 4.13. The highest BCUT2D eigenvalue weighted by Crippen LogP contribution is 1.92. The van der Waals surface area contributed by atoms with Gasteiger partial charge in [0.15, 0.2) is 0 Å². The van der Waals surface area contributed by atoms with Crippen LogP contribution < -0.4 is 0 Å². The van der Waals surface area contributed by atoms with Gasteiger partial charge in [-0.2, -0.15) is 0 Å². The molecule has 1 heterocycles. The number of aryl methyl sites for hydroxylation is 2. The monoisotopic (exact) mass is 184 g/mol. The molecule has 70 valence electrons. The second kappa shape index (κ2) is 7.53. The second-order valence-corrected chi connectivity index (χ2v) is 2.35. The maximum Gasteiger partial charge on any atom is 0.108 e. The third-order valence-corrected chi connectivity index (χ3v) is 1.44. The van der Waals surface area contributed by atoms with Crippen LogP contribution in [-0.2, 0) is 13.5 Å². The molecule has 0 N–H and O–H groups in total. The third kappa shape index (κ3) is 4.70. The van der Waals surface area contributed by atoms with Crippen LogP contribution in [0, 0.1) is 36.5 Å². The molecule has 0 radical (unpaired) electrons. The van der Waals surface area contributed by atoms with Gasteiger partial charge in [0, 0.05) is 25.9 Å². The first-order chi connectivity index (χ1) is 6.76. The highest BCUT2D eigenvalue weighted by atomic mass is 15.0. The number of hydrogen-bond donors (Lipinski definition) is 0. The van der Waals surface area contributed by atoms with Crippen LogP contribution in [0.5, 0.6) is 0 Å². The van der Waals surface area contributed by atoms with E-state index in [4.69, 9.17) is 12.8 Å². The predicted molar refractivity (Wildman–Crippen MR) is 58.0 cm³/mol. The summed E-state index contributed by atoms with van der Waals surface area (Å²) in [7, 11) is 2.01. The summed E-state index contributed by atoms with van der Waals surface area (Å²) in [6.07, 6.45) is 14.2. The standard InChI is InChI=1S/C6H10N2.C6H2/c1-3-6-7-4-5-8(6)2;1-3-5-6-4-2/h4-5H,3H2,1-2H3;1-2H. The third-order valence-electron chi connectivity index (χ3n) is 1.44. The molecule has 0 spiro atoms. The zero-order valence-corrected chi connectivity index (χ0v) is 8.41. The highest BCUT2D eigenvalue weighted by molar-refractivity contribution is 5.31. The summed E-state index contributed by atoms with van der Waals surface area (Å²) >= 11 is 0. The Labute approximate surface area is 85.4 Å². The number of imidazole rings is 1. The van der Waals surface area contributed by atoms with Crippen LogP contribution in [0.1, 0.15) is 12.7 Å². The summed E-state index contributed by atoms with van der Waals surface area (Å²) in [5.41, 5.74) is 0. The van der Waals surface area contributed by atoms with Crippen molar-refractivity contribution in [3.63, 3.8) is 0 Å². The van der Waals surface area contributed by atoms with Crippen LogP contribution >= 0.6 is 0 Å². The molecule has 1 aromatic heterocycles. The van der Waals surface area contributed by atoms with Crippen LogP contribution in [0.4, 0.5) is 0 Å². The van der Waals surface area contributed by atoms with E-state index in [1.807, 2.05) is 24.0 Å². The van der Waals surface area contributed by atoms with E-state index in [1.165, 1.54) is 0 Å². The van der Waals surface area contributed by atoms with E-state index < -0.39 is 0 Å². The zero-order valence-electron chi connectivity index (χ0n) is 8.41. The maximum absolute atomic E-state index is 4.70. The van der Waals surface area contributed by atoms with Gasteiger partial charge in [-0.1, -0.05) is 6.92 Å². The lowest BCUT2D eigenvalue weighted by atomic mass is 10.5. The average Bonchev–Trinajstić information content (AvgIpc) is 2.61. The van der Waals surface area contributed by atoms with Crippen molar-refractivity contribution in [2.24, 2.45) is 7.05 Å². The van der Waals surface area contributed by atoms with Crippen LogP contribution in [0.25, 0.3) is 0 Å². The van der Waals surface area contributed by atoms with Crippen molar-refractivity contribution in [3.05, 3.63) is 18.2 Å². The number of nitrogens with zero attached hydrogens (tertiary/aromatic N) is 2. The molecular formula is C12H12N2. The van der Waals surface area contributed by atoms with E-state index in [-0.39, 0.29) is 0 Å². The van der Waals surface area contributed by atoms with Gasteiger partial charge in [0.05, 0.1) is 0 Å². The first-order valence-corrected chi connectivity index (χ1v) is 4.13. The number of aromatic nitrogens is 2.